The maximum absolute atomic E-state index is 13.5. The van der Waals surface area contributed by atoms with Gasteiger partial charge in [0.1, 0.15) is 11.6 Å². The zero-order chi connectivity index (χ0) is 24.9. The van der Waals surface area contributed by atoms with E-state index < -0.39 is 17.7 Å². The molecule has 0 aromatic heterocycles. The van der Waals surface area contributed by atoms with Crippen molar-refractivity contribution < 1.29 is 19.4 Å². The number of hydrogen-bond donors (Lipinski definition) is 2. The Bertz CT molecular complexity index is 853. The fourth-order valence-corrected chi connectivity index (χ4v) is 5.42. The van der Waals surface area contributed by atoms with Gasteiger partial charge in [0.25, 0.3) is 0 Å². The van der Waals surface area contributed by atoms with Crippen LogP contribution in [0, 0.1) is 5.92 Å². The number of aliphatic hydroxyl groups is 1. The van der Waals surface area contributed by atoms with Crippen molar-refractivity contribution in [3.05, 3.63) is 33.8 Å². The molecule has 2 N–H and O–H groups in total. The minimum absolute atomic E-state index is 0.154. The zero-order valence-electron chi connectivity index (χ0n) is 20.4. The summed E-state index contributed by atoms with van der Waals surface area (Å²) in [6.45, 7) is 8.23. The molecule has 1 unspecified atom stereocenters. The van der Waals surface area contributed by atoms with E-state index in [-0.39, 0.29) is 18.9 Å². The van der Waals surface area contributed by atoms with Crippen molar-refractivity contribution in [3.63, 3.8) is 0 Å². The molecule has 2 aliphatic rings. The number of carbonyl (C=O) groups excluding carboxylic acids is 2. The molecule has 34 heavy (non-hydrogen) atoms. The smallest absolute Gasteiger partial charge is 0.408 e. The van der Waals surface area contributed by atoms with Gasteiger partial charge in [0.2, 0.25) is 5.91 Å². The third-order valence-corrected chi connectivity index (χ3v) is 7.21. The average molecular weight is 514 g/mol. The summed E-state index contributed by atoms with van der Waals surface area (Å²) in [7, 11) is 0. The summed E-state index contributed by atoms with van der Waals surface area (Å²) in [5.74, 6) is 0.156. The lowest BCUT2D eigenvalue weighted by molar-refractivity contribution is -0.136. The minimum atomic E-state index is -0.806. The van der Waals surface area contributed by atoms with Crippen molar-refractivity contribution in [2.75, 3.05) is 32.8 Å². The second-order valence-electron chi connectivity index (χ2n) is 10.3. The van der Waals surface area contributed by atoms with Crippen LogP contribution < -0.4 is 5.32 Å². The molecule has 1 aliphatic heterocycles. The molecule has 2 fully saturated rings. The van der Waals surface area contributed by atoms with Crippen molar-refractivity contribution in [2.24, 2.45) is 5.92 Å². The second kappa shape index (κ2) is 11.9. The molecule has 7 nitrogen and oxygen atoms in total. The molecule has 1 aromatic carbocycles. The van der Waals surface area contributed by atoms with Gasteiger partial charge in [-0.1, -0.05) is 42.1 Å². The van der Waals surface area contributed by atoms with Crippen LogP contribution >= 0.6 is 23.2 Å². The van der Waals surface area contributed by atoms with Crippen molar-refractivity contribution in [1.82, 2.24) is 15.1 Å². The third kappa shape index (κ3) is 7.48. The molecule has 0 bridgehead atoms. The molecular weight excluding hydrogens is 477 g/mol. The van der Waals surface area contributed by atoms with Gasteiger partial charge < -0.3 is 20.1 Å². The maximum atomic E-state index is 13.5. The molecular formula is C25H37Cl2N3O4. The van der Waals surface area contributed by atoms with E-state index in [0.717, 1.165) is 31.5 Å². The number of carbonyl (C=O) groups is 2. The molecule has 1 heterocycles. The van der Waals surface area contributed by atoms with Gasteiger partial charge in [0.05, 0.1) is 0 Å². The van der Waals surface area contributed by atoms with E-state index in [4.69, 9.17) is 27.9 Å². The number of nitrogens with one attached hydrogen (secondary N) is 1. The number of alkyl carbamates (subject to hydrolysis) is 1. The number of ether oxygens (including phenoxy) is 1. The van der Waals surface area contributed by atoms with Crippen molar-refractivity contribution in [1.29, 1.82) is 0 Å². The summed E-state index contributed by atoms with van der Waals surface area (Å²) in [5, 5.41) is 13.5. The van der Waals surface area contributed by atoms with Crippen LogP contribution in [-0.2, 0) is 16.0 Å². The van der Waals surface area contributed by atoms with E-state index in [0.29, 0.717) is 35.1 Å². The third-order valence-electron chi connectivity index (χ3n) is 6.63. The van der Waals surface area contributed by atoms with Gasteiger partial charge in [0, 0.05) is 55.3 Å². The Hall–Kier alpha value is -1.54. The lowest BCUT2D eigenvalue weighted by Crippen LogP contribution is -2.58. The Kier molecular flexibility index (Phi) is 9.49. The van der Waals surface area contributed by atoms with Crippen LogP contribution in [0.25, 0.3) is 0 Å². The molecule has 1 aliphatic carbocycles. The standard InChI is InChI=1S/C25H37Cl2N3O4/c1-25(2,3)34-24(33)28-21(14-17-8-9-19(26)15-20(17)27)23(32)30-12-10-29(11-13-30)22-7-5-4-6-18(22)16-31/h8-9,15,18,21-22,31H,4-7,10-14,16H2,1-3H3,(H,28,33)/t18-,21?,22+/m0/s1. The first kappa shape index (κ1) is 27.1. The number of nitrogens with zero attached hydrogens (tertiary/aromatic N) is 2. The van der Waals surface area contributed by atoms with E-state index in [1.54, 1.807) is 43.9 Å². The molecule has 190 valence electrons. The second-order valence-corrected chi connectivity index (χ2v) is 11.1. The van der Waals surface area contributed by atoms with Gasteiger partial charge in [-0.05, 0) is 57.2 Å². The first-order valence-corrected chi connectivity index (χ1v) is 12.9. The van der Waals surface area contributed by atoms with Crippen LogP contribution in [0.15, 0.2) is 18.2 Å². The number of halogens is 2. The Morgan fingerprint density at radius 3 is 2.44 bits per heavy atom. The zero-order valence-corrected chi connectivity index (χ0v) is 21.9. The molecule has 2 amide bonds. The summed E-state index contributed by atoms with van der Waals surface area (Å²) in [6.07, 6.45) is 4.11. The Balaban J connectivity index is 1.68. The van der Waals surface area contributed by atoms with Crippen LogP contribution in [-0.4, -0.2) is 77.4 Å². The highest BCUT2D eigenvalue weighted by atomic mass is 35.5. The maximum Gasteiger partial charge on any atom is 0.408 e. The molecule has 3 rings (SSSR count). The summed E-state index contributed by atoms with van der Waals surface area (Å²) >= 11 is 12.4. The lowest BCUT2D eigenvalue weighted by atomic mass is 9.83. The number of benzene rings is 1. The van der Waals surface area contributed by atoms with Gasteiger partial charge in [-0.15, -0.1) is 0 Å². The van der Waals surface area contributed by atoms with Crippen molar-refractivity contribution >= 4 is 35.2 Å². The number of aliphatic hydroxyl groups excluding tert-OH is 1. The van der Waals surface area contributed by atoms with E-state index >= 15 is 0 Å². The van der Waals surface area contributed by atoms with Gasteiger partial charge in [-0.2, -0.15) is 0 Å². The molecule has 1 saturated carbocycles. The quantitative estimate of drug-likeness (QED) is 0.597. The molecule has 0 radical (unpaired) electrons. The molecule has 3 atom stereocenters. The number of piperazine rings is 1. The van der Waals surface area contributed by atoms with Gasteiger partial charge in [0.15, 0.2) is 0 Å². The fraction of sp³-hybridized carbons (Fsp3) is 0.680. The molecule has 1 aromatic rings. The van der Waals surface area contributed by atoms with E-state index in [2.05, 4.69) is 10.2 Å². The first-order valence-electron chi connectivity index (χ1n) is 12.1. The minimum Gasteiger partial charge on any atom is -0.444 e. The van der Waals surface area contributed by atoms with E-state index in [9.17, 15) is 14.7 Å². The number of amides is 2. The Morgan fingerprint density at radius 1 is 1.15 bits per heavy atom. The van der Waals surface area contributed by atoms with Crippen LogP contribution in [0.1, 0.15) is 52.0 Å². The van der Waals surface area contributed by atoms with Gasteiger partial charge in [-0.25, -0.2) is 4.79 Å². The van der Waals surface area contributed by atoms with E-state index in [1.165, 1.54) is 12.8 Å². The number of hydrogen-bond acceptors (Lipinski definition) is 5. The van der Waals surface area contributed by atoms with Crippen molar-refractivity contribution in [2.45, 2.75) is 70.6 Å². The molecule has 0 spiro atoms. The largest absolute Gasteiger partial charge is 0.444 e. The molecule has 1 saturated heterocycles. The van der Waals surface area contributed by atoms with E-state index in [1.807, 2.05) is 0 Å². The molecule has 9 heteroatoms. The Labute approximate surface area is 212 Å². The average Bonchev–Trinajstić information content (AvgIpc) is 2.78. The summed E-state index contributed by atoms with van der Waals surface area (Å²) in [4.78, 5) is 30.3. The SMILES string of the molecule is CC(C)(C)OC(=O)NC(Cc1ccc(Cl)cc1Cl)C(=O)N1CCN([C@@H]2CCCC[C@H]2CO)CC1. The van der Waals surface area contributed by atoms with Crippen LogP contribution in [0.3, 0.4) is 0 Å². The predicted octanol–water partition coefficient (Wildman–Crippen LogP) is 4.12. The summed E-state index contributed by atoms with van der Waals surface area (Å²) < 4.78 is 5.41. The van der Waals surface area contributed by atoms with Crippen LogP contribution in [0.4, 0.5) is 4.79 Å². The summed E-state index contributed by atoms with van der Waals surface area (Å²) in [5.41, 5.74) is 0.0527. The van der Waals surface area contributed by atoms with Crippen molar-refractivity contribution in [3.8, 4) is 0 Å². The highest BCUT2D eigenvalue weighted by molar-refractivity contribution is 6.35. The van der Waals surface area contributed by atoms with Crippen LogP contribution in [0.2, 0.25) is 10.0 Å². The lowest BCUT2D eigenvalue weighted by Gasteiger charge is -2.44. The first-order chi connectivity index (χ1) is 16.1. The topological polar surface area (TPSA) is 82.1 Å². The fourth-order valence-electron chi connectivity index (χ4n) is 4.93. The monoisotopic (exact) mass is 513 g/mol. The summed E-state index contributed by atoms with van der Waals surface area (Å²) in [6, 6.07) is 4.70. The highest BCUT2D eigenvalue weighted by Crippen LogP contribution is 2.29. The normalized spacial score (nSPS) is 22.8. The Morgan fingerprint density at radius 2 is 1.82 bits per heavy atom. The van der Waals surface area contributed by atoms with Crippen LogP contribution in [0.5, 0.6) is 0 Å². The van der Waals surface area contributed by atoms with Gasteiger partial charge >= 0.3 is 6.09 Å². The predicted molar refractivity (Wildman–Crippen MR) is 134 cm³/mol. The number of rotatable bonds is 6. The highest BCUT2D eigenvalue weighted by Gasteiger charge is 2.35. The van der Waals surface area contributed by atoms with Gasteiger partial charge in [-0.3, -0.25) is 9.69 Å².